The molecule has 1 saturated carbocycles. The zero-order valence-electron chi connectivity index (χ0n) is 9.07. The van der Waals surface area contributed by atoms with E-state index in [9.17, 15) is 13.5 Å². The van der Waals surface area contributed by atoms with Crippen molar-refractivity contribution in [2.24, 2.45) is 5.92 Å². The van der Waals surface area contributed by atoms with Gasteiger partial charge in [-0.3, -0.25) is 0 Å². The molecule has 0 saturated heterocycles. The van der Waals surface area contributed by atoms with Crippen molar-refractivity contribution in [1.82, 2.24) is 9.44 Å². The summed E-state index contributed by atoms with van der Waals surface area (Å²) in [6.45, 7) is 2.80. The Kier molecular flexibility index (Phi) is 4.98. The molecule has 2 atom stereocenters. The molecule has 15 heavy (non-hydrogen) atoms. The lowest BCUT2D eigenvalue weighted by molar-refractivity contribution is 0.178. The smallest absolute Gasteiger partial charge is 0.276 e. The summed E-state index contributed by atoms with van der Waals surface area (Å²) in [5.41, 5.74) is 0. The molecule has 1 rings (SSSR count). The van der Waals surface area contributed by atoms with E-state index in [0.29, 0.717) is 19.5 Å². The van der Waals surface area contributed by atoms with Crippen LogP contribution in [0.4, 0.5) is 0 Å². The van der Waals surface area contributed by atoms with Crippen LogP contribution in [0.2, 0.25) is 0 Å². The Hall–Kier alpha value is -0.170. The number of hydrogen-bond acceptors (Lipinski definition) is 3. The van der Waals surface area contributed by atoms with Gasteiger partial charge in [-0.15, -0.1) is 0 Å². The van der Waals surface area contributed by atoms with Gasteiger partial charge < -0.3 is 5.11 Å². The monoisotopic (exact) mass is 236 g/mol. The second-order valence-corrected chi connectivity index (χ2v) is 5.66. The summed E-state index contributed by atoms with van der Waals surface area (Å²) in [4.78, 5) is 0. The molecule has 0 aromatic heterocycles. The molecule has 5 nitrogen and oxygen atoms in total. The number of aliphatic hydroxyl groups excluding tert-OH is 1. The van der Waals surface area contributed by atoms with Crippen LogP contribution in [-0.2, 0) is 10.2 Å². The van der Waals surface area contributed by atoms with Gasteiger partial charge in [0.1, 0.15) is 0 Å². The Morgan fingerprint density at radius 1 is 1.33 bits per heavy atom. The van der Waals surface area contributed by atoms with Crippen molar-refractivity contribution < 1.29 is 13.5 Å². The Labute approximate surface area is 91.4 Å². The molecule has 0 radical (unpaired) electrons. The van der Waals surface area contributed by atoms with E-state index in [-0.39, 0.29) is 12.0 Å². The summed E-state index contributed by atoms with van der Waals surface area (Å²) in [6, 6.07) is 0. The van der Waals surface area contributed by atoms with Crippen molar-refractivity contribution in [2.45, 2.75) is 38.7 Å². The molecule has 90 valence electrons. The van der Waals surface area contributed by atoms with Gasteiger partial charge in [0.25, 0.3) is 10.2 Å². The van der Waals surface area contributed by atoms with Gasteiger partial charge in [-0.1, -0.05) is 6.92 Å². The maximum atomic E-state index is 11.3. The van der Waals surface area contributed by atoms with Crippen molar-refractivity contribution in [3.63, 3.8) is 0 Å². The fraction of sp³-hybridized carbons (Fsp3) is 1.00. The highest BCUT2D eigenvalue weighted by Crippen LogP contribution is 2.24. The summed E-state index contributed by atoms with van der Waals surface area (Å²) >= 11 is 0. The van der Waals surface area contributed by atoms with Crippen LogP contribution in [0.25, 0.3) is 0 Å². The van der Waals surface area contributed by atoms with Crippen molar-refractivity contribution >= 4 is 10.2 Å². The summed E-state index contributed by atoms with van der Waals surface area (Å²) < 4.78 is 27.6. The van der Waals surface area contributed by atoms with E-state index in [1.54, 1.807) is 0 Å². The normalized spacial score (nSPS) is 27.1. The molecule has 1 fully saturated rings. The number of aliphatic hydroxyl groups is 1. The molecule has 6 heteroatoms. The summed E-state index contributed by atoms with van der Waals surface area (Å²) in [7, 11) is -3.33. The van der Waals surface area contributed by atoms with Crippen LogP contribution in [0.5, 0.6) is 0 Å². The largest absolute Gasteiger partial charge is 0.393 e. The third kappa shape index (κ3) is 4.92. The number of hydrogen-bond donors (Lipinski definition) is 3. The molecular formula is C9H20N2O3S. The Balaban J connectivity index is 2.24. The van der Waals surface area contributed by atoms with E-state index >= 15 is 0 Å². The van der Waals surface area contributed by atoms with Gasteiger partial charge in [0.15, 0.2) is 0 Å². The molecule has 1 aliphatic carbocycles. The van der Waals surface area contributed by atoms with E-state index in [1.165, 1.54) is 0 Å². The van der Waals surface area contributed by atoms with Crippen molar-refractivity contribution in [1.29, 1.82) is 0 Å². The summed E-state index contributed by atoms with van der Waals surface area (Å²) in [5, 5.41) is 9.28. The second-order valence-electron chi connectivity index (χ2n) is 4.08. The minimum absolute atomic E-state index is 0.247. The lowest BCUT2D eigenvalue weighted by Crippen LogP contribution is -2.39. The highest BCUT2D eigenvalue weighted by Gasteiger charge is 2.23. The van der Waals surface area contributed by atoms with Crippen molar-refractivity contribution in [3.05, 3.63) is 0 Å². The van der Waals surface area contributed by atoms with Gasteiger partial charge in [0.2, 0.25) is 0 Å². The van der Waals surface area contributed by atoms with Crippen molar-refractivity contribution in [2.75, 3.05) is 13.1 Å². The molecule has 0 amide bonds. The molecule has 0 heterocycles. The Bertz CT molecular complexity index is 279. The van der Waals surface area contributed by atoms with Gasteiger partial charge in [0, 0.05) is 13.1 Å². The highest BCUT2D eigenvalue weighted by molar-refractivity contribution is 7.87. The Morgan fingerprint density at radius 3 is 2.60 bits per heavy atom. The fourth-order valence-electron chi connectivity index (χ4n) is 1.75. The van der Waals surface area contributed by atoms with Gasteiger partial charge in [-0.05, 0) is 31.6 Å². The van der Waals surface area contributed by atoms with E-state index in [1.807, 2.05) is 6.92 Å². The Morgan fingerprint density at radius 2 is 2.07 bits per heavy atom. The van der Waals surface area contributed by atoms with E-state index < -0.39 is 10.2 Å². The minimum atomic E-state index is -3.33. The molecule has 0 bridgehead atoms. The maximum Gasteiger partial charge on any atom is 0.276 e. The van der Waals surface area contributed by atoms with Crippen LogP contribution < -0.4 is 9.44 Å². The molecule has 0 aliphatic heterocycles. The first kappa shape index (κ1) is 12.9. The van der Waals surface area contributed by atoms with E-state index in [2.05, 4.69) is 9.44 Å². The van der Waals surface area contributed by atoms with Crippen LogP contribution in [0.15, 0.2) is 0 Å². The molecule has 0 aromatic rings. The van der Waals surface area contributed by atoms with Crippen LogP contribution in [0.3, 0.4) is 0 Å². The lowest BCUT2D eigenvalue weighted by atomic mass is 10.1. The SMILES string of the molecule is CCCNS(=O)(=O)NCC1CCC(O)C1. The van der Waals surface area contributed by atoms with Crippen LogP contribution >= 0.6 is 0 Å². The molecule has 2 unspecified atom stereocenters. The predicted octanol–water partition coefficient (Wildman–Crippen LogP) is -0.0186. The molecule has 0 spiro atoms. The first-order valence-electron chi connectivity index (χ1n) is 5.46. The summed E-state index contributed by atoms with van der Waals surface area (Å²) in [5.74, 6) is 0.276. The first-order chi connectivity index (χ1) is 7.03. The topological polar surface area (TPSA) is 78.4 Å². The molecule has 0 aromatic carbocycles. The predicted molar refractivity (Wildman–Crippen MR) is 58.6 cm³/mol. The molecule has 1 aliphatic rings. The standard InChI is InChI=1S/C9H20N2O3S/c1-2-5-10-15(13,14)11-7-8-3-4-9(12)6-8/h8-12H,2-7H2,1H3. The fourth-order valence-corrected chi connectivity index (χ4v) is 2.78. The van der Waals surface area contributed by atoms with Crippen LogP contribution in [0.1, 0.15) is 32.6 Å². The summed E-state index contributed by atoms with van der Waals surface area (Å²) in [6.07, 6.45) is 2.93. The molecular weight excluding hydrogens is 216 g/mol. The third-order valence-corrected chi connectivity index (χ3v) is 3.75. The zero-order chi connectivity index (χ0) is 11.3. The average molecular weight is 236 g/mol. The van der Waals surface area contributed by atoms with Crippen molar-refractivity contribution in [3.8, 4) is 0 Å². The van der Waals surface area contributed by atoms with Crippen LogP contribution in [-0.4, -0.2) is 32.7 Å². The van der Waals surface area contributed by atoms with Gasteiger partial charge in [-0.25, -0.2) is 9.44 Å². The number of rotatable bonds is 6. The van der Waals surface area contributed by atoms with E-state index in [0.717, 1.165) is 19.3 Å². The highest BCUT2D eigenvalue weighted by atomic mass is 32.2. The first-order valence-corrected chi connectivity index (χ1v) is 6.94. The maximum absolute atomic E-state index is 11.3. The minimum Gasteiger partial charge on any atom is -0.393 e. The van der Waals surface area contributed by atoms with Gasteiger partial charge >= 0.3 is 0 Å². The quantitative estimate of drug-likeness (QED) is 0.606. The third-order valence-electron chi connectivity index (χ3n) is 2.62. The average Bonchev–Trinajstić information content (AvgIpc) is 2.59. The van der Waals surface area contributed by atoms with Gasteiger partial charge in [-0.2, -0.15) is 8.42 Å². The molecule has 3 N–H and O–H groups in total. The van der Waals surface area contributed by atoms with Crippen LogP contribution in [0, 0.1) is 5.92 Å². The second kappa shape index (κ2) is 5.79. The van der Waals surface area contributed by atoms with Gasteiger partial charge in [0.05, 0.1) is 6.10 Å². The zero-order valence-corrected chi connectivity index (χ0v) is 9.89. The lowest BCUT2D eigenvalue weighted by Gasteiger charge is -2.11. The van der Waals surface area contributed by atoms with E-state index in [4.69, 9.17) is 0 Å². The number of nitrogens with one attached hydrogen (secondary N) is 2.